The normalized spacial score (nSPS) is 48.3. The standard InChI is InChI=1S/C24H34O6/c1-13-9-16-17-6-8-24(29,20(28)12-30-14(2)25)23(17,4)11-19(27)21(16)22(3)7-5-15(26)10-18(13)22/h5,7,10,13,16-17,19-21,27-29H,6,8-9,11-12H2,1-4H3/t13-,16-,17-,19-,20-,21+,22-,23-,24-/m0/s1. The van der Waals surface area contributed by atoms with Crippen LogP contribution in [0.4, 0.5) is 0 Å². The van der Waals surface area contributed by atoms with E-state index >= 15 is 0 Å². The number of aliphatic hydroxyl groups is 3. The maximum absolute atomic E-state index is 12.0. The van der Waals surface area contributed by atoms with E-state index in [1.807, 2.05) is 13.0 Å². The SMILES string of the molecule is CC(=O)OC[C@H](O)[C@@]1(O)CC[C@H]2[C@@H]3C[C@H](C)C4=CC(=O)C=C[C@]4(C)[C@H]3[C@@H](O)C[C@@]21C. The lowest BCUT2D eigenvalue weighted by Crippen LogP contribution is -2.63. The molecular formula is C24H34O6. The molecule has 4 aliphatic carbocycles. The molecule has 9 atom stereocenters. The first-order valence-corrected chi connectivity index (χ1v) is 11.1. The second-order valence-electron chi connectivity index (χ2n) is 10.5. The van der Waals surface area contributed by atoms with Gasteiger partial charge in [-0.3, -0.25) is 9.59 Å². The van der Waals surface area contributed by atoms with Gasteiger partial charge in [0.05, 0.1) is 11.7 Å². The van der Waals surface area contributed by atoms with Crippen molar-refractivity contribution >= 4 is 11.8 Å². The second kappa shape index (κ2) is 7.01. The molecule has 0 aliphatic heterocycles. The monoisotopic (exact) mass is 418 g/mol. The molecule has 0 aromatic rings. The van der Waals surface area contributed by atoms with Crippen molar-refractivity contribution in [3.05, 3.63) is 23.8 Å². The summed E-state index contributed by atoms with van der Waals surface area (Å²) in [6.45, 7) is 7.27. The Balaban J connectivity index is 1.69. The molecule has 6 heteroatoms. The molecule has 0 amide bonds. The molecule has 0 aromatic heterocycles. The fourth-order valence-electron chi connectivity index (χ4n) is 7.67. The second-order valence-corrected chi connectivity index (χ2v) is 10.5. The van der Waals surface area contributed by atoms with E-state index < -0.39 is 29.2 Å². The van der Waals surface area contributed by atoms with Crippen LogP contribution in [0.5, 0.6) is 0 Å². The highest BCUT2D eigenvalue weighted by atomic mass is 16.5. The predicted octanol–water partition coefficient (Wildman–Crippen LogP) is 2.17. The third-order valence-corrected chi connectivity index (χ3v) is 9.03. The number of allylic oxidation sites excluding steroid dienone is 4. The number of ether oxygens (including phenoxy) is 1. The zero-order valence-electron chi connectivity index (χ0n) is 18.3. The summed E-state index contributed by atoms with van der Waals surface area (Å²) >= 11 is 0. The van der Waals surface area contributed by atoms with Crippen molar-refractivity contribution in [3.63, 3.8) is 0 Å². The lowest BCUT2D eigenvalue weighted by molar-refractivity contribution is -0.209. The summed E-state index contributed by atoms with van der Waals surface area (Å²) in [5.74, 6) is -0.00652. The number of hydrogen-bond acceptors (Lipinski definition) is 6. The molecule has 4 rings (SSSR count). The first-order valence-electron chi connectivity index (χ1n) is 11.1. The van der Waals surface area contributed by atoms with Gasteiger partial charge in [0.25, 0.3) is 0 Å². The van der Waals surface area contributed by atoms with Crippen molar-refractivity contribution in [1.29, 1.82) is 0 Å². The Bertz CT molecular complexity index is 817. The molecule has 0 saturated heterocycles. The molecule has 166 valence electrons. The highest BCUT2D eigenvalue weighted by molar-refractivity contribution is 6.01. The van der Waals surface area contributed by atoms with E-state index in [0.717, 1.165) is 18.4 Å². The van der Waals surface area contributed by atoms with Crippen molar-refractivity contribution < 1.29 is 29.6 Å². The number of rotatable bonds is 3. The average molecular weight is 419 g/mol. The van der Waals surface area contributed by atoms with Crippen LogP contribution in [0.2, 0.25) is 0 Å². The first kappa shape index (κ1) is 21.7. The lowest BCUT2D eigenvalue weighted by Gasteiger charge is -2.61. The van der Waals surface area contributed by atoms with Gasteiger partial charge in [-0.1, -0.05) is 32.4 Å². The van der Waals surface area contributed by atoms with Crippen molar-refractivity contribution in [1.82, 2.24) is 0 Å². The number of aliphatic hydroxyl groups excluding tert-OH is 2. The Hall–Kier alpha value is -1.50. The molecule has 0 unspecified atom stereocenters. The molecule has 4 aliphatic rings. The van der Waals surface area contributed by atoms with E-state index in [2.05, 4.69) is 13.8 Å². The van der Waals surface area contributed by atoms with E-state index in [1.54, 1.807) is 12.2 Å². The molecule has 3 saturated carbocycles. The van der Waals surface area contributed by atoms with Gasteiger partial charge in [0.1, 0.15) is 12.7 Å². The minimum Gasteiger partial charge on any atom is -0.463 e. The van der Waals surface area contributed by atoms with Crippen molar-refractivity contribution in [2.45, 2.75) is 71.2 Å². The van der Waals surface area contributed by atoms with Crippen LogP contribution in [0.1, 0.15) is 53.4 Å². The third-order valence-electron chi connectivity index (χ3n) is 9.03. The summed E-state index contributed by atoms with van der Waals surface area (Å²) in [5, 5.41) is 33.8. The molecule has 0 radical (unpaired) electrons. The number of carbonyl (C=O) groups is 2. The molecule has 0 aromatic carbocycles. The largest absolute Gasteiger partial charge is 0.463 e. The maximum atomic E-state index is 12.0. The van der Waals surface area contributed by atoms with Crippen LogP contribution in [-0.4, -0.2) is 51.5 Å². The van der Waals surface area contributed by atoms with Crippen molar-refractivity contribution in [3.8, 4) is 0 Å². The van der Waals surface area contributed by atoms with Crippen LogP contribution in [0.3, 0.4) is 0 Å². The molecule has 0 bridgehead atoms. The van der Waals surface area contributed by atoms with Gasteiger partial charge in [-0.25, -0.2) is 0 Å². The molecule has 0 heterocycles. The lowest BCUT2D eigenvalue weighted by atomic mass is 9.44. The van der Waals surface area contributed by atoms with Crippen LogP contribution in [0.15, 0.2) is 23.8 Å². The van der Waals surface area contributed by atoms with Gasteiger partial charge in [-0.15, -0.1) is 0 Å². The summed E-state index contributed by atoms with van der Waals surface area (Å²) in [6, 6.07) is 0. The van der Waals surface area contributed by atoms with E-state index in [4.69, 9.17) is 4.74 Å². The van der Waals surface area contributed by atoms with Crippen molar-refractivity contribution in [2.24, 2.45) is 34.5 Å². The Morgan fingerprint density at radius 3 is 2.73 bits per heavy atom. The van der Waals surface area contributed by atoms with E-state index in [1.165, 1.54) is 6.92 Å². The van der Waals surface area contributed by atoms with E-state index in [0.29, 0.717) is 12.8 Å². The fraction of sp³-hybridized carbons (Fsp3) is 0.750. The Morgan fingerprint density at radius 2 is 2.07 bits per heavy atom. The van der Waals surface area contributed by atoms with Crippen LogP contribution >= 0.6 is 0 Å². The molecular weight excluding hydrogens is 384 g/mol. The first-order chi connectivity index (χ1) is 13.9. The molecule has 3 N–H and O–H groups in total. The topological polar surface area (TPSA) is 104 Å². The number of ketones is 1. The van der Waals surface area contributed by atoms with Crippen molar-refractivity contribution in [2.75, 3.05) is 6.61 Å². The van der Waals surface area contributed by atoms with Gasteiger partial charge in [-0.05, 0) is 55.6 Å². The summed E-state index contributed by atoms with van der Waals surface area (Å²) in [7, 11) is 0. The Labute approximate surface area is 178 Å². The minimum atomic E-state index is -1.42. The smallest absolute Gasteiger partial charge is 0.302 e. The molecule has 30 heavy (non-hydrogen) atoms. The predicted molar refractivity (Wildman–Crippen MR) is 110 cm³/mol. The van der Waals surface area contributed by atoms with E-state index in [9.17, 15) is 24.9 Å². The van der Waals surface area contributed by atoms with Gasteiger partial charge in [-0.2, -0.15) is 0 Å². The number of esters is 1. The van der Waals surface area contributed by atoms with Crippen LogP contribution in [0, 0.1) is 34.5 Å². The summed E-state index contributed by atoms with van der Waals surface area (Å²) in [4.78, 5) is 23.2. The zero-order valence-corrected chi connectivity index (χ0v) is 18.3. The highest BCUT2D eigenvalue weighted by Crippen LogP contribution is 2.68. The maximum Gasteiger partial charge on any atom is 0.302 e. The van der Waals surface area contributed by atoms with Gasteiger partial charge in [0, 0.05) is 23.7 Å². The fourth-order valence-corrected chi connectivity index (χ4v) is 7.67. The van der Waals surface area contributed by atoms with Gasteiger partial charge in [0.2, 0.25) is 0 Å². The summed E-state index contributed by atoms with van der Waals surface area (Å²) < 4.78 is 4.99. The molecule has 3 fully saturated rings. The third kappa shape index (κ3) is 2.87. The molecule has 0 spiro atoms. The van der Waals surface area contributed by atoms with Gasteiger partial charge >= 0.3 is 5.97 Å². The van der Waals surface area contributed by atoms with Gasteiger partial charge < -0.3 is 20.1 Å². The average Bonchev–Trinajstić information content (AvgIpc) is 2.93. The van der Waals surface area contributed by atoms with Crippen LogP contribution in [0.25, 0.3) is 0 Å². The summed E-state index contributed by atoms with van der Waals surface area (Å²) in [5.41, 5.74) is -1.38. The van der Waals surface area contributed by atoms with Crippen LogP contribution < -0.4 is 0 Å². The number of carbonyl (C=O) groups excluding carboxylic acids is 2. The Kier molecular flexibility index (Phi) is 5.07. The highest BCUT2D eigenvalue weighted by Gasteiger charge is 2.68. The quantitative estimate of drug-likeness (QED) is 0.607. The molecule has 6 nitrogen and oxygen atoms in total. The van der Waals surface area contributed by atoms with Gasteiger partial charge in [0.15, 0.2) is 5.78 Å². The number of hydrogen-bond donors (Lipinski definition) is 3. The zero-order chi connectivity index (χ0) is 22.1. The van der Waals surface area contributed by atoms with E-state index in [-0.39, 0.29) is 41.5 Å². The number of fused-ring (bicyclic) bond motifs is 5. The van der Waals surface area contributed by atoms with Crippen LogP contribution in [-0.2, 0) is 14.3 Å². The Morgan fingerprint density at radius 1 is 1.37 bits per heavy atom. The summed E-state index contributed by atoms with van der Waals surface area (Å²) in [6.07, 6.45) is 5.85. The minimum absolute atomic E-state index is 0.00625.